The van der Waals surface area contributed by atoms with E-state index in [0.717, 1.165) is 11.9 Å². The Morgan fingerprint density at radius 2 is 2.00 bits per heavy atom. The first-order chi connectivity index (χ1) is 6.79. The summed E-state index contributed by atoms with van der Waals surface area (Å²) in [5, 5.41) is 12.5. The zero-order chi connectivity index (χ0) is 9.97. The van der Waals surface area contributed by atoms with Crippen LogP contribution in [0.1, 0.15) is 5.56 Å². The lowest BCUT2D eigenvalue weighted by Gasteiger charge is -1.96. The van der Waals surface area contributed by atoms with Crippen molar-refractivity contribution in [2.24, 2.45) is 0 Å². The third-order valence-corrected chi connectivity index (χ3v) is 2.04. The van der Waals surface area contributed by atoms with Gasteiger partial charge in [0.1, 0.15) is 7.85 Å². The van der Waals surface area contributed by atoms with Gasteiger partial charge in [0, 0.05) is 5.56 Å². The highest BCUT2D eigenvalue weighted by atomic mass is 16.6. The minimum atomic E-state index is -0.403. The normalized spacial score (nSPS) is 10.3. The van der Waals surface area contributed by atoms with E-state index in [9.17, 15) is 0 Å². The molecule has 2 rings (SSSR count). The summed E-state index contributed by atoms with van der Waals surface area (Å²) >= 11 is 0. The molecule has 0 aliphatic rings. The molecule has 0 atom stereocenters. The van der Waals surface area contributed by atoms with Crippen LogP contribution in [0.15, 0.2) is 28.8 Å². The SMILES string of the molecule is BCc1ccc(-c2noc(O)n2)cc1. The summed E-state index contributed by atoms with van der Waals surface area (Å²) in [6.45, 7) is 0. The van der Waals surface area contributed by atoms with Crippen molar-refractivity contribution in [2.45, 2.75) is 6.32 Å². The van der Waals surface area contributed by atoms with Crippen molar-refractivity contribution in [1.82, 2.24) is 10.1 Å². The molecule has 0 aliphatic carbocycles. The molecule has 0 bridgehead atoms. The number of aromatic nitrogens is 2. The van der Waals surface area contributed by atoms with E-state index in [-0.39, 0.29) is 0 Å². The summed E-state index contributed by atoms with van der Waals surface area (Å²) in [5.74, 6) is 0.408. The second-order valence-corrected chi connectivity index (χ2v) is 2.95. The van der Waals surface area contributed by atoms with E-state index in [2.05, 4.69) is 22.5 Å². The minimum absolute atomic E-state index is 0.403. The molecule has 0 saturated heterocycles. The topological polar surface area (TPSA) is 59.2 Å². The molecular formula is C9H9BN2O2. The highest BCUT2D eigenvalue weighted by Crippen LogP contribution is 2.18. The van der Waals surface area contributed by atoms with Crippen LogP contribution in [-0.4, -0.2) is 23.1 Å². The van der Waals surface area contributed by atoms with Crippen molar-refractivity contribution >= 4 is 7.85 Å². The highest BCUT2D eigenvalue weighted by Gasteiger charge is 2.05. The molecule has 0 fully saturated rings. The lowest BCUT2D eigenvalue weighted by molar-refractivity contribution is 0.267. The van der Waals surface area contributed by atoms with Crippen LogP contribution in [0.25, 0.3) is 11.4 Å². The fourth-order valence-corrected chi connectivity index (χ4v) is 1.22. The van der Waals surface area contributed by atoms with Gasteiger partial charge >= 0.3 is 6.08 Å². The van der Waals surface area contributed by atoms with Gasteiger partial charge in [-0.25, -0.2) is 0 Å². The molecule has 1 heterocycles. The summed E-state index contributed by atoms with van der Waals surface area (Å²) in [7, 11) is 2.09. The first-order valence-electron chi connectivity index (χ1n) is 4.41. The summed E-state index contributed by atoms with van der Waals surface area (Å²) in [6.07, 6.45) is 0.595. The van der Waals surface area contributed by atoms with Crippen LogP contribution >= 0.6 is 0 Å². The van der Waals surface area contributed by atoms with E-state index < -0.39 is 6.08 Å². The number of nitrogens with zero attached hydrogens (tertiary/aromatic N) is 2. The van der Waals surface area contributed by atoms with Gasteiger partial charge in [0.15, 0.2) is 0 Å². The minimum Gasteiger partial charge on any atom is -0.464 e. The van der Waals surface area contributed by atoms with E-state index in [4.69, 9.17) is 5.11 Å². The molecule has 0 saturated carbocycles. The lowest BCUT2D eigenvalue weighted by atomic mass is 9.96. The Morgan fingerprint density at radius 3 is 2.50 bits per heavy atom. The zero-order valence-electron chi connectivity index (χ0n) is 7.77. The molecule has 70 valence electrons. The maximum Gasteiger partial charge on any atom is 0.415 e. The third kappa shape index (κ3) is 1.61. The lowest BCUT2D eigenvalue weighted by Crippen LogP contribution is -1.84. The Kier molecular flexibility index (Phi) is 2.22. The average molecular weight is 188 g/mol. The number of aromatic hydroxyl groups is 1. The largest absolute Gasteiger partial charge is 0.464 e. The Balaban J connectivity index is 2.33. The van der Waals surface area contributed by atoms with Gasteiger partial charge in [-0.1, -0.05) is 41.3 Å². The molecule has 0 spiro atoms. The standard InChI is InChI=1S/C9H9BN2O2/c10-5-6-1-3-7(4-2-6)8-11-9(13)14-12-8/h1-4H,5,10H2,(H,11,12,13). The van der Waals surface area contributed by atoms with E-state index in [1.54, 1.807) is 0 Å². The van der Waals surface area contributed by atoms with Crippen molar-refractivity contribution in [2.75, 3.05) is 0 Å². The summed E-state index contributed by atoms with van der Waals surface area (Å²) in [4.78, 5) is 3.71. The molecule has 0 aliphatic heterocycles. The monoisotopic (exact) mass is 188 g/mol. The smallest absolute Gasteiger partial charge is 0.415 e. The molecule has 5 heteroatoms. The molecule has 14 heavy (non-hydrogen) atoms. The molecule has 0 amide bonds. The van der Waals surface area contributed by atoms with Gasteiger partial charge < -0.3 is 5.11 Å². The third-order valence-electron chi connectivity index (χ3n) is 2.04. The van der Waals surface area contributed by atoms with Gasteiger partial charge in [0.05, 0.1) is 0 Å². The van der Waals surface area contributed by atoms with Crippen LogP contribution in [0.5, 0.6) is 6.08 Å². The highest BCUT2D eigenvalue weighted by molar-refractivity contribution is 6.08. The van der Waals surface area contributed by atoms with E-state index in [1.165, 1.54) is 5.56 Å². The quantitative estimate of drug-likeness (QED) is 0.700. The summed E-state index contributed by atoms with van der Waals surface area (Å²) in [5.41, 5.74) is 2.09. The Bertz CT molecular complexity index is 425. The average Bonchev–Trinajstić information content (AvgIpc) is 2.65. The van der Waals surface area contributed by atoms with Gasteiger partial charge in [-0.3, -0.25) is 4.52 Å². The van der Waals surface area contributed by atoms with E-state index in [1.807, 2.05) is 24.3 Å². The Morgan fingerprint density at radius 1 is 1.29 bits per heavy atom. The van der Waals surface area contributed by atoms with Crippen LogP contribution in [0.3, 0.4) is 0 Å². The zero-order valence-corrected chi connectivity index (χ0v) is 7.77. The second kappa shape index (κ2) is 3.53. The molecule has 0 unspecified atom stereocenters. The molecule has 1 aromatic heterocycles. The van der Waals surface area contributed by atoms with Gasteiger partial charge in [-0.05, 0) is 0 Å². The van der Waals surface area contributed by atoms with Crippen molar-refractivity contribution in [3.63, 3.8) is 0 Å². The van der Waals surface area contributed by atoms with Crippen LogP contribution in [0.2, 0.25) is 0 Å². The van der Waals surface area contributed by atoms with Gasteiger partial charge in [-0.15, -0.1) is 0 Å². The number of hydrogen-bond acceptors (Lipinski definition) is 4. The number of hydrogen-bond donors (Lipinski definition) is 1. The van der Waals surface area contributed by atoms with Crippen LogP contribution < -0.4 is 0 Å². The summed E-state index contributed by atoms with van der Waals surface area (Å²) < 4.78 is 4.47. The first-order valence-corrected chi connectivity index (χ1v) is 4.41. The van der Waals surface area contributed by atoms with Crippen molar-refractivity contribution in [1.29, 1.82) is 0 Å². The molecule has 0 radical (unpaired) electrons. The van der Waals surface area contributed by atoms with Gasteiger partial charge in [-0.2, -0.15) is 4.98 Å². The predicted octanol–water partition coefficient (Wildman–Crippen LogP) is 0.575. The second-order valence-electron chi connectivity index (χ2n) is 2.95. The Hall–Kier alpha value is -1.78. The van der Waals surface area contributed by atoms with Crippen LogP contribution in [-0.2, 0) is 6.32 Å². The molecule has 1 aromatic carbocycles. The van der Waals surface area contributed by atoms with Crippen LogP contribution in [0.4, 0.5) is 0 Å². The van der Waals surface area contributed by atoms with Gasteiger partial charge in [0.25, 0.3) is 0 Å². The maximum atomic E-state index is 8.87. The molecule has 2 aromatic rings. The maximum absolute atomic E-state index is 8.87. The predicted molar refractivity (Wildman–Crippen MR) is 53.6 cm³/mol. The Labute approximate surface area is 82.0 Å². The molecule has 4 nitrogen and oxygen atoms in total. The fourth-order valence-electron chi connectivity index (χ4n) is 1.22. The van der Waals surface area contributed by atoms with Crippen molar-refractivity contribution < 1.29 is 9.63 Å². The van der Waals surface area contributed by atoms with Crippen molar-refractivity contribution in [3.05, 3.63) is 29.8 Å². The molecular weight excluding hydrogens is 179 g/mol. The van der Waals surface area contributed by atoms with Crippen LogP contribution in [0, 0.1) is 0 Å². The fraction of sp³-hybridized carbons (Fsp3) is 0.111. The van der Waals surface area contributed by atoms with Gasteiger partial charge in [0.2, 0.25) is 5.82 Å². The number of benzene rings is 1. The summed E-state index contributed by atoms with van der Waals surface area (Å²) in [6, 6.07) is 7.82. The number of rotatable bonds is 2. The first kappa shape index (κ1) is 8.81. The van der Waals surface area contributed by atoms with Crippen molar-refractivity contribution in [3.8, 4) is 17.5 Å². The molecule has 1 N–H and O–H groups in total. The van der Waals surface area contributed by atoms with E-state index >= 15 is 0 Å². The van der Waals surface area contributed by atoms with E-state index in [0.29, 0.717) is 5.82 Å².